The molecule has 0 spiro atoms. The molecule has 5 nitrogen and oxygen atoms in total. The molecule has 0 saturated carbocycles. The Hall–Kier alpha value is -1.73. The summed E-state index contributed by atoms with van der Waals surface area (Å²) in [5, 5.41) is 0. The zero-order valence-corrected chi connectivity index (χ0v) is 12.0. The summed E-state index contributed by atoms with van der Waals surface area (Å²) in [7, 11) is 0. The summed E-state index contributed by atoms with van der Waals surface area (Å²) in [6, 6.07) is 3.76. The molecule has 96 valence electrons. The number of hydrogen-bond donors (Lipinski definition) is 0. The van der Waals surface area contributed by atoms with Crippen LogP contribution in [0.25, 0.3) is 10.3 Å². The Morgan fingerprint density at radius 1 is 1.21 bits per heavy atom. The topological polar surface area (TPSA) is 60.8 Å². The molecule has 0 aromatic carbocycles. The van der Waals surface area contributed by atoms with E-state index in [1.54, 1.807) is 18.0 Å². The van der Waals surface area contributed by atoms with E-state index in [0.29, 0.717) is 17.3 Å². The normalized spacial score (nSPS) is 10.8. The second kappa shape index (κ2) is 5.10. The highest BCUT2D eigenvalue weighted by atomic mass is 32.2. The van der Waals surface area contributed by atoms with Gasteiger partial charge in [0.15, 0.2) is 9.99 Å². The van der Waals surface area contributed by atoms with Gasteiger partial charge in [-0.3, -0.25) is 4.98 Å². The average molecular weight is 290 g/mol. The molecule has 0 fully saturated rings. The Bertz CT molecular complexity index is 711. The van der Waals surface area contributed by atoms with Crippen LogP contribution in [0.15, 0.2) is 29.0 Å². The number of hydrogen-bond acceptors (Lipinski definition) is 7. The Kier molecular flexibility index (Phi) is 3.31. The number of thioether (sulfide) groups is 1. The molecule has 3 heterocycles. The number of thiazole rings is 1. The second-order valence-corrected chi connectivity index (χ2v) is 5.81. The summed E-state index contributed by atoms with van der Waals surface area (Å²) in [5.74, 6) is 1.18. The average Bonchev–Trinajstić information content (AvgIpc) is 2.85. The van der Waals surface area contributed by atoms with Crippen LogP contribution in [0.5, 0.6) is 11.6 Å². The van der Waals surface area contributed by atoms with E-state index in [4.69, 9.17) is 4.74 Å². The van der Waals surface area contributed by atoms with Crippen molar-refractivity contribution in [3.8, 4) is 11.6 Å². The van der Waals surface area contributed by atoms with E-state index in [9.17, 15) is 0 Å². The van der Waals surface area contributed by atoms with Crippen LogP contribution in [-0.2, 0) is 0 Å². The summed E-state index contributed by atoms with van der Waals surface area (Å²) in [4.78, 5) is 16.9. The van der Waals surface area contributed by atoms with E-state index < -0.39 is 0 Å². The Morgan fingerprint density at radius 2 is 2.11 bits per heavy atom. The summed E-state index contributed by atoms with van der Waals surface area (Å²) >= 11 is 3.11. The van der Waals surface area contributed by atoms with Crippen molar-refractivity contribution >= 4 is 33.4 Å². The monoisotopic (exact) mass is 290 g/mol. The first-order valence-electron chi connectivity index (χ1n) is 5.52. The van der Waals surface area contributed by atoms with Gasteiger partial charge in [0.2, 0.25) is 5.88 Å². The van der Waals surface area contributed by atoms with Crippen LogP contribution < -0.4 is 4.74 Å². The molecule has 7 heteroatoms. The third kappa shape index (κ3) is 2.52. The van der Waals surface area contributed by atoms with Gasteiger partial charge in [-0.1, -0.05) is 11.8 Å². The van der Waals surface area contributed by atoms with Gasteiger partial charge < -0.3 is 4.74 Å². The van der Waals surface area contributed by atoms with Gasteiger partial charge in [-0.2, -0.15) is 0 Å². The van der Waals surface area contributed by atoms with Crippen LogP contribution in [0.1, 0.15) is 5.69 Å². The minimum Gasteiger partial charge on any atom is -0.436 e. The van der Waals surface area contributed by atoms with Crippen molar-refractivity contribution in [1.29, 1.82) is 0 Å². The number of aromatic nitrogens is 4. The molecule has 3 aromatic rings. The van der Waals surface area contributed by atoms with Crippen LogP contribution in [0.4, 0.5) is 0 Å². The number of pyridine rings is 1. The van der Waals surface area contributed by atoms with Crippen LogP contribution >= 0.6 is 23.1 Å². The summed E-state index contributed by atoms with van der Waals surface area (Å²) in [6.45, 7) is 1.93. The van der Waals surface area contributed by atoms with E-state index in [-0.39, 0.29) is 0 Å². The predicted octanol–water partition coefficient (Wildman–Crippen LogP) is 3.30. The quantitative estimate of drug-likeness (QED) is 0.690. The molecule has 19 heavy (non-hydrogen) atoms. The maximum absolute atomic E-state index is 5.75. The van der Waals surface area contributed by atoms with Gasteiger partial charge in [0.25, 0.3) is 0 Å². The number of nitrogens with zero attached hydrogens (tertiary/aromatic N) is 4. The van der Waals surface area contributed by atoms with Crippen LogP contribution in [-0.4, -0.2) is 26.2 Å². The standard InChI is InChI=1S/C12H10N4OS2/c1-7-3-4-8(5-13-7)17-11-9-10(14-6-15-11)16-12(18-2)19-9/h3-6H,1-2H3. The first kappa shape index (κ1) is 12.3. The zero-order chi connectivity index (χ0) is 13.2. The van der Waals surface area contributed by atoms with E-state index in [0.717, 1.165) is 14.7 Å². The Labute approximate surface area is 118 Å². The maximum atomic E-state index is 5.75. The van der Waals surface area contributed by atoms with Crippen LogP contribution in [0.2, 0.25) is 0 Å². The second-order valence-electron chi connectivity index (χ2n) is 3.75. The molecule has 0 atom stereocenters. The minimum absolute atomic E-state index is 0.522. The van der Waals surface area contributed by atoms with Crippen molar-refractivity contribution in [3.05, 3.63) is 30.4 Å². The minimum atomic E-state index is 0.522. The molecule has 3 rings (SSSR count). The Morgan fingerprint density at radius 3 is 2.84 bits per heavy atom. The van der Waals surface area contributed by atoms with Crippen molar-refractivity contribution in [1.82, 2.24) is 19.9 Å². The van der Waals surface area contributed by atoms with Crippen molar-refractivity contribution in [2.24, 2.45) is 0 Å². The maximum Gasteiger partial charge on any atom is 0.242 e. The Balaban J connectivity index is 2.00. The number of rotatable bonds is 3. The first-order valence-corrected chi connectivity index (χ1v) is 7.56. The molecule has 0 aliphatic heterocycles. The van der Waals surface area contributed by atoms with E-state index in [1.165, 1.54) is 17.7 Å². The van der Waals surface area contributed by atoms with E-state index in [2.05, 4.69) is 19.9 Å². The lowest BCUT2D eigenvalue weighted by molar-refractivity contribution is 0.466. The molecular formula is C12H10N4OS2. The molecular weight excluding hydrogens is 280 g/mol. The summed E-state index contributed by atoms with van der Waals surface area (Å²) < 4.78 is 7.55. The lowest BCUT2D eigenvalue weighted by atomic mass is 10.4. The highest BCUT2D eigenvalue weighted by Crippen LogP contribution is 2.33. The SMILES string of the molecule is CSc1nc2ncnc(Oc3ccc(C)nc3)c2s1. The van der Waals surface area contributed by atoms with Gasteiger partial charge in [0, 0.05) is 5.69 Å². The van der Waals surface area contributed by atoms with Crippen LogP contribution in [0.3, 0.4) is 0 Å². The van der Waals surface area contributed by atoms with Crippen molar-refractivity contribution in [3.63, 3.8) is 0 Å². The lowest BCUT2D eigenvalue weighted by Crippen LogP contribution is -1.90. The first-order chi connectivity index (χ1) is 9.26. The van der Waals surface area contributed by atoms with Crippen molar-refractivity contribution in [2.45, 2.75) is 11.3 Å². The molecule has 0 aliphatic carbocycles. The third-order valence-corrected chi connectivity index (χ3v) is 4.43. The fraction of sp³-hybridized carbons (Fsp3) is 0.167. The number of fused-ring (bicyclic) bond motifs is 1. The molecule has 0 N–H and O–H groups in total. The number of ether oxygens (including phenoxy) is 1. The molecule has 0 amide bonds. The van der Waals surface area contributed by atoms with E-state index >= 15 is 0 Å². The van der Waals surface area contributed by atoms with Gasteiger partial charge in [-0.15, -0.1) is 11.3 Å². The predicted molar refractivity (Wildman–Crippen MR) is 76.0 cm³/mol. The summed E-state index contributed by atoms with van der Waals surface area (Å²) in [6.07, 6.45) is 5.12. The highest BCUT2D eigenvalue weighted by Gasteiger charge is 2.12. The molecule has 3 aromatic heterocycles. The molecule has 0 bridgehead atoms. The smallest absolute Gasteiger partial charge is 0.242 e. The largest absolute Gasteiger partial charge is 0.436 e. The fourth-order valence-electron chi connectivity index (χ4n) is 1.50. The lowest BCUT2D eigenvalue weighted by Gasteiger charge is -2.04. The third-order valence-electron chi connectivity index (χ3n) is 2.41. The molecule has 0 aliphatic rings. The molecule has 0 unspecified atom stereocenters. The van der Waals surface area contributed by atoms with Crippen molar-refractivity contribution < 1.29 is 4.74 Å². The number of aryl methyl sites for hydroxylation is 1. The van der Waals surface area contributed by atoms with Gasteiger partial charge in [0.1, 0.15) is 16.8 Å². The highest BCUT2D eigenvalue weighted by molar-refractivity contribution is 8.00. The van der Waals surface area contributed by atoms with Crippen LogP contribution in [0, 0.1) is 6.92 Å². The van der Waals surface area contributed by atoms with Crippen molar-refractivity contribution in [2.75, 3.05) is 6.26 Å². The van der Waals surface area contributed by atoms with Gasteiger partial charge >= 0.3 is 0 Å². The summed E-state index contributed by atoms with van der Waals surface area (Å²) in [5.41, 5.74) is 1.61. The van der Waals surface area contributed by atoms with Gasteiger partial charge in [0.05, 0.1) is 6.20 Å². The van der Waals surface area contributed by atoms with E-state index in [1.807, 2.05) is 25.3 Å². The molecule has 0 saturated heterocycles. The molecule has 0 radical (unpaired) electrons. The van der Waals surface area contributed by atoms with Gasteiger partial charge in [-0.05, 0) is 25.3 Å². The zero-order valence-electron chi connectivity index (χ0n) is 10.3. The fourth-order valence-corrected chi connectivity index (χ4v) is 2.94. The van der Waals surface area contributed by atoms with Gasteiger partial charge in [-0.25, -0.2) is 15.0 Å².